The number of hydrogen-bond acceptors (Lipinski definition) is 5. The number of H-pyrrole nitrogens is 1. The fourth-order valence-electron chi connectivity index (χ4n) is 2.45. The van der Waals surface area contributed by atoms with Crippen molar-refractivity contribution in [2.45, 2.75) is 20.4 Å². The molecule has 9 nitrogen and oxygen atoms in total. The molecule has 3 rings (SSSR count). The minimum atomic E-state index is -0.681. The summed E-state index contributed by atoms with van der Waals surface area (Å²) in [6.45, 7) is 3.51. The molecule has 2 aromatic heterocycles. The lowest BCUT2D eigenvalue weighted by atomic mass is 10.1. The number of hydrogen-bond donors (Lipinski definition) is 3. The van der Waals surface area contributed by atoms with Crippen LogP contribution in [0.1, 0.15) is 11.1 Å². The van der Waals surface area contributed by atoms with Gasteiger partial charge < -0.3 is 5.32 Å². The molecular formula is C18H18N6O3. The lowest BCUT2D eigenvalue weighted by molar-refractivity contribution is -0.120. The Morgan fingerprint density at radius 1 is 1.15 bits per heavy atom. The van der Waals surface area contributed by atoms with Crippen LogP contribution in [0.25, 0.3) is 11.5 Å². The predicted octanol–water partition coefficient (Wildman–Crippen LogP) is 1.60. The van der Waals surface area contributed by atoms with Gasteiger partial charge in [0.1, 0.15) is 12.2 Å². The first-order chi connectivity index (χ1) is 12.9. The third kappa shape index (κ3) is 4.27. The molecule has 0 bridgehead atoms. The van der Waals surface area contributed by atoms with Crippen LogP contribution in [-0.2, 0) is 11.3 Å². The largest absolute Gasteiger partial charge is 0.344 e. The van der Waals surface area contributed by atoms with Crippen molar-refractivity contribution in [3.63, 3.8) is 0 Å². The summed E-state index contributed by atoms with van der Waals surface area (Å²) < 4.78 is 1.11. The molecule has 138 valence electrons. The Morgan fingerprint density at radius 3 is 2.67 bits per heavy atom. The summed E-state index contributed by atoms with van der Waals surface area (Å²) >= 11 is 0. The first-order valence-corrected chi connectivity index (χ1v) is 8.19. The minimum Gasteiger partial charge on any atom is -0.308 e. The second kappa shape index (κ2) is 7.65. The maximum atomic E-state index is 12.2. The number of anilines is 1. The van der Waals surface area contributed by atoms with E-state index in [1.165, 1.54) is 0 Å². The number of aromatic nitrogens is 4. The number of carbonyl (C=O) groups is 2. The highest BCUT2D eigenvalue weighted by Crippen LogP contribution is 2.14. The van der Waals surface area contributed by atoms with Gasteiger partial charge >= 0.3 is 11.7 Å². The van der Waals surface area contributed by atoms with Crippen molar-refractivity contribution in [1.29, 1.82) is 0 Å². The number of urea groups is 1. The van der Waals surface area contributed by atoms with Crippen molar-refractivity contribution in [2.75, 3.05) is 5.32 Å². The smallest absolute Gasteiger partial charge is 0.308 e. The van der Waals surface area contributed by atoms with E-state index in [-0.39, 0.29) is 12.4 Å². The SMILES string of the molecule is Cc1ccc(NC(=O)NC(=O)Cn2c(-c3ccccn3)n[nH]c2=O)cc1C. The topological polar surface area (TPSA) is 122 Å². The van der Waals surface area contributed by atoms with Gasteiger partial charge in [-0.15, -0.1) is 0 Å². The molecule has 0 saturated heterocycles. The van der Waals surface area contributed by atoms with Gasteiger partial charge in [0.25, 0.3) is 0 Å². The number of nitrogens with zero attached hydrogens (tertiary/aromatic N) is 3. The number of aryl methyl sites for hydroxylation is 2. The van der Waals surface area contributed by atoms with Gasteiger partial charge in [-0.3, -0.25) is 19.7 Å². The molecule has 0 radical (unpaired) electrons. The van der Waals surface area contributed by atoms with Crippen molar-refractivity contribution in [1.82, 2.24) is 25.1 Å². The van der Waals surface area contributed by atoms with Crippen molar-refractivity contribution in [2.24, 2.45) is 0 Å². The maximum absolute atomic E-state index is 12.2. The average Bonchev–Trinajstić information content (AvgIpc) is 2.99. The molecule has 0 atom stereocenters. The highest BCUT2D eigenvalue weighted by atomic mass is 16.2. The van der Waals surface area contributed by atoms with Crippen LogP contribution < -0.4 is 16.3 Å². The zero-order valence-corrected chi connectivity index (χ0v) is 14.8. The van der Waals surface area contributed by atoms with E-state index < -0.39 is 17.6 Å². The van der Waals surface area contributed by atoms with E-state index in [0.717, 1.165) is 15.7 Å². The van der Waals surface area contributed by atoms with E-state index in [2.05, 4.69) is 25.8 Å². The van der Waals surface area contributed by atoms with Gasteiger partial charge in [-0.25, -0.2) is 14.7 Å². The molecule has 0 aliphatic heterocycles. The fraction of sp³-hybridized carbons (Fsp3) is 0.167. The van der Waals surface area contributed by atoms with Gasteiger partial charge in [0, 0.05) is 11.9 Å². The quantitative estimate of drug-likeness (QED) is 0.647. The zero-order chi connectivity index (χ0) is 19.4. The first kappa shape index (κ1) is 18.1. The number of benzene rings is 1. The standard InChI is InChI=1S/C18H18N6O3/c1-11-6-7-13(9-12(11)2)20-17(26)21-15(25)10-24-16(22-23-18(24)27)14-5-3-4-8-19-14/h3-9H,10H2,1-2H3,(H,23,27)(H2,20,21,25,26). The van der Waals surface area contributed by atoms with Gasteiger partial charge in [-0.05, 0) is 49.2 Å². The summed E-state index contributed by atoms with van der Waals surface area (Å²) in [5.41, 5.74) is 2.55. The van der Waals surface area contributed by atoms with Gasteiger partial charge in [0.2, 0.25) is 5.91 Å². The van der Waals surface area contributed by atoms with E-state index >= 15 is 0 Å². The number of imide groups is 1. The van der Waals surface area contributed by atoms with E-state index in [0.29, 0.717) is 11.4 Å². The molecule has 3 N–H and O–H groups in total. The number of amides is 3. The van der Waals surface area contributed by atoms with Crippen molar-refractivity contribution in [3.05, 3.63) is 64.2 Å². The van der Waals surface area contributed by atoms with Gasteiger partial charge in [-0.2, -0.15) is 5.10 Å². The van der Waals surface area contributed by atoms with E-state index in [9.17, 15) is 14.4 Å². The van der Waals surface area contributed by atoms with E-state index in [1.807, 2.05) is 19.9 Å². The Balaban J connectivity index is 1.68. The van der Waals surface area contributed by atoms with Gasteiger partial charge in [0.05, 0.1) is 0 Å². The molecule has 9 heteroatoms. The Hall–Kier alpha value is -3.75. The molecular weight excluding hydrogens is 348 g/mol. The monoisotopic (exact) mass is 366 g/mol. The Labute approximate surface area is 154 Å². The Morgan fingerprint density at radius 2 is 1.96 bits per heavy atom. The van der Waals surface area contributed by atoms with E-state index in [1.54, 1.807) is 36.5 Å². The summed E-state index contributed by atoms with van der Waals surface area (Å²) in [4.78, 5) is 40.2. The first-order valence-electron chi connectivity index (χ1n) is 8.19. The van der Waals surface area contributed by atoms with Crippen LogP contribution in [0, 0.1) is 13.8 Å². The second-order valence-corrected chi connectivity index (χ2v) is 5.95. The Bertz CT molecular complexity index is 1040. The molecule has 3 amide bonds. The van der Waals surface area contributed by atoms with Gasteiger partial charge in [-0.1, -0.05) is 12.1 Å². The molecule has 0 aliphatic rings. The predicted molar refractivity (Wildman–Crippen MR) is 99.2 cm³/mol. The normalized spacial score (nSPS) is 10.4. The number of pyridine rings is 1. The molecule has 3 aromatic rings. The zero-order valence-electron chi connectivity index (χ0n) is 14.8. The van der Waals surface area contributed by atoms with Crippen molar-refractivity contribution < 1.29 is 9.59 Å². The molecule has 1 aromatic carbocycles. The Kier molecular flexibility index (Phi) is 5.11. The van der Waals surface area contributed by atoms with Crippen LogP contribution in [-0.4, -0.2) is 31.7 Å². The lowest BCUT2D eigenvalue weighted by Gasteiger charge is -2.09. The third-order valence-corrected chi connectivity index (χ3v) is 3.97. The van der Waals surface area contributed by atoms with Crippen molar-refractivity contribution >= 4 is 17.6 Å². The molecule has 0 fully saturated rings. The molecule has 0 saturated carbocycles. The summed E-state index contributed by atoms with van der Waals surface area (Å²) in [5.74, 6) is -0.442. The van der Waals surface area contributed by atoms with Crippen LogP contribution >= 0.6 is 0 Å². The van der Waals surface area contributed by atoms with Crippen LogP contribution in [0.4, 0.5) is 10.5 Å². The highest BCUT2D eigenvalue weighted by molar-refractivity contribution is 6.01. The average molecular weight is 366 g/mol. The third-order valence-electron chi connectivity index (χ3n) is 3.97. The molecule has 0 aliphatic carbocycles. The molecule has 0 unspecified atom stereocenters. The second-order valence-electron chi connectivity index (χ2n) is 5.95. The fourth-order valence-corrected chi connectivity index (χ4v) is 2.45. The molecule has 27 heavy (non-hydrogen) atoms. The van der Waals surface area contributed by atoms with Crippen LogP contribution in [0.3, 0.4) is 0 Å². The molecule has 2 heterocycles. The number of rotatable bonds is 4. The summed E-state index contributed by atoms with van der Waals surface area (Å²) in [6, 6.07) is 9.86. The van der Waals surface area contributed by atoms with Crippen molar-refractivity contribution in [3.8, 4) is 11.5 Å². The summed E-state index contributed by atoms with van der Waals surface area (Å²) in [5, 5.41) is 11.0. The summed E-state index contributed by atoms with van der Waals surface area (Å²) in [7, 11) is 0. The van der Waals surface area contributed by atoms with Crippen LogP contribution in [0.2, 0.25) is 0 Å². The highest BCUT2D eigenvalue weighted by Gasteiger charge is 2.16. The maximum Gasteiger partial charge on any atom is 0.344 e. The lowest BCUT2D eigenvalue weighted by Crippen LogP contribution is -2.38. The van der Waals surface area contributed by atoms with Crippen LogP contribution in [0.5, 0.6) is 0 Å². The number of carbonyl (C=O) groups excluding carboxylic acids is 2. The number of aromatic amines is 1. The minimum absolute atomic E-state index is 0.213. The summed E-state index contributed by atoms with van der Waals surface area (Å²) in [6.07, 6.45) is 1.55. The van der Waals surface area contributed by atoms with Gasteiger partial charge in [0.15, 0.2) is 5.82 Å². The molecule has 0 spiro atoms. The number of nitrogens with one attached hydrogen (secondary N) is 3. The van der Waals surface area contributed by atoms with E-state index in [4.69, 9.17) is 0 Å². The van der Waals surface area contributed by atoms with Crippen LogP contribution in [0.15, 0.2) is 47.4 Å².